The van der Waals surface area contributed by atoms with E-state index < -0.39 is 32.1 Å². The molecule has 0 N–H and O–H groups in total. The van der Waals surface area contributed by atoms with Crippen LogP contribution in [-0.2, 0) is 31.3 Å². The molecule has 5 rings (SSSR count). The van der Waals surface area contributed by atoms with Gasteiger partial charge in [0.15, 0.2) is 0 Å². The van der Waals surface area contributed by atoms with Crippen molar-refractivity contribution in [2.24, 2.45) is 5.92 Å². The average molecular weight is 540 g/mol. The molecule has 0 spiro atoms. The molecule has 3 heterocycles. The molecule has 1 fully saturated rings. The van der Waals surface area contributed by atoms with Crippen LogP contribution in [0.3, 0.4) is 0 Å². The van der Waals surface area contributed by atoms with Crippen molar-refractivity contribution in [2.45, 2.75) is 41.1 Å². The van der Waals surface area contributed by atoms with E-state index in [-0.39, 0.29) is 28.6 Å². The summed E-state index contributed by atoms with van der Waals surface area (Å²) in [5.41, 5.74) is 0.912. The summed E-state index contributed by atoms with van der Waals surface area (Å²) < 4.78 is 56.2. The van der Waals surface area contributed by atoms with Crippen LogP contribution in [0, 0.1) is 5.92 Å². The first-order valence-electron chi connectivity index (χ1n) is 10.5. The summed E-state index contributed by atoms with van der Waals surface area (Å²) in [6, 6.07) is 10.3. The molecule has 2 aromatic carbocycles. The lowest BCUT2D eigenvalue weighted by atomic mass is 9.80. The van der Waals surface area contributed by atoms with Crippen molar-refractivity contribution in [1.82, 2.24) is 13.5 Å². The molecule has 34 heavy (non-hydrogen) atoms. The fraction of sp³-hybridized carbons (Fsp3) is 0.273. The molecule has 178 valence electrons. The molecule has 1 aromatic heterocycles. The van der Waals surface area contributed by atoms with E-state index in [1.807, 2.05) is 0 Å². The van der Waals surface area contributed by atoms with Gasteiger partial charge in [-0.1, -0.05) is 23.2 Å². The van der Waals surface area contributed by atoms with Crippen LogP contribution in [0.15, 0.2) is 64.5 Å². The molecule has 12 heteroatoms. The predicted molar refractivity (Wildman–Crippen MR) is 126 cm³/mol. The molecule has 0 radical (unpaired) electrons. The van der Waals surface area contributed by atoms with Crippen molar-refractivity contribution in [3.05, 3.63) is 76.0 Å². The van der Waals surface area contributed by atoms with Gasteiger partial charge in [-0.2, -0.15) is 21.9 Å². The molecule has 2 aliphatic rings. The van der Waals surface area contributed by atoms with Gasteiger partial charge in [0.2, 0.25) is 10.0 Å². The van der Waals surface area contributed by atoms with Gasteiger partial charge in [-0.3, -0.25) is 0 Å². The average Bonchev–Trinajstić information content (AvgIpc) is 3.23. The molecule has 8 nitrogen and oxygen atoms in total. The zero-order valence-electron chi connectivity index (χ0n) is 17.6. The van der Waals surface area contributed by atoms with Gasteiger partial charge in [0.1, 0.15) is 6.29 Å². The second-order valence-electron chi connectivity index (χ2n) is 8.38. The standard InChI is InChI=1S/C22H19Cl2N3O5S2/c23-15-1-5-18(6-2-15)33(29,30)26-17-9-14(13-28)10-21(26)20-12-25-27(22(20)11-17)34(31,32)19-7-3-16(24)4-8-19/h1-8,12-14,17,21H,9-11H2. The molecule has 3 unspecified atom stereocenters. The third kappa shape index (κ3) is 3.77. The quantitative estimate of drug-likeness (QED) is 0.457. The summed E-state index contributed by atoms with van der Waals surface area (Å²) in [4.78, 5) is 11.7. The summed E-state index contributed by atoms with van der Waals surface area (Å²) >= 11 is 11.8. The molecular formula is C22H19Cl2N3O5S2. The number of carbonyl (C=O) groups excluding carboxylic acids is 1. The number of benzene rings is 2. The topological polar surface area (TPSA) is 106 Å². The number of rotatable bonds is 5. The van der Waals surface area contributed by atoms with Crippen molar-refractivity contribution in [2.75, 3.05) is 0 Å². The zero-order chi connectivity index (χ0) is 24.3. The van der Waals surface area contributed by atoms with E-state index in [1.54, 1.807) is 0 Å². The van der Waals surface area contributed by atoms with Crippen molar-refractivity contribution in [1.29, 1.82) is 0 Å². The number of halogens is 2. The first-order chi connectivity index (χ1) is 16.1. The van der Waals surface area contributed by atoms with E-state index in [0.29, 0.717) is 27.7 Å². The lowest BCUT2D eigenvalue weighted by Crippen LogP contribution is -2.52. The monoisotopic (exact) mass is 539 g/mol. The van der Waals surface area contributed by atoms with E-state index in [4.69, 9.17) is 23.2 Å². The Kier molecular flexibility index (Phi) is 5.84. The minimum atomic E-state index is -4.02. The maximum atomic E-state index is 13.6. The van der Waals surface area contributed by atoms with Crippen LogP contribution >= 0.6 is 23.2 Å². The van der Waals surface area contributed by atoms with Crippen LogP contribution in [-0.4, -0.2) is 42.7 Å². The van der Waals surface area contributed by atoms with Gasteiger partial charge in [0, 0.05) is 34.0 Å². The minimum Gasteiger partial charge on any atom is -0.303 e. The fourth-order valence-corrected chi connectivity index (χ4v) is 8.20. The molecule has 2 bridgehead atoms. The third-order valence-corrected chi connectivity index (χ3v) is 10.5. The Morgan fingerprint density at radius 1 is 0.853 bits per heavy atom. The SMILES string of the molecule is O=CC1CC2Cc3c(cnn3S(=O)(=O)c3ccc(Cl)cc3)C(C1)N2S(=O)(=O)c1ccc(Cl)cc1. The van der Waals surface area contributed by atoms with E-state index in [0.717, 1.165) is 10.4 Å². The number of piperidine rings is 1. The van der Waals surface area contributed by atoms with Crippen molar-refractivity contribution < 1.29 is 21.6 Å². The predicted octanol–water partition coefficient (Wildman–Crippen LogP) is 3.69. The van der Waals surface area contributed by atoms with Gasteiger partial charge in [0.25, 0.3) is 10.0 Å². The van der Waals surface area contributed by atoms with Crippen LogP contribution in [0.5, 0.6) is 0 Å². The molecular weight excluding hydrogens is 521 g/mol. The lowest BCUT2D eigenvalue weighted by Gasteiger charge is -2.46. The second-order valence-corrected chi connectivity index (χ2v) is 12.9. The smallest absolute Gasteiger partial charge is 0.283 e. The van der Waals surface area contributed by atoms with Crippen LogP contribution in [0.1, 0.15) is 30.1 Å². The molecule has 1 saturated heterocycles. The van der Waals surface area contributed by atoms with Crippen LogP contribution in [0.25, 0.3) is 0 Å². The van der Waals surface area contributed by atoms with Crippen LogP contribution in [0.4, 0.5) is 0 Å². The van der Waals surface area contributed by atoms with E-state index in [1.165, 1.54) is 59.0 Å². The molecule has 3 atom stereocenters. The number of fused-ring (bicyclic) bond motifs is 4. The Hall–Kier alpha value is -2.24. The highest BCUT2D eigenvalue weighted by Crippen LogP contribution is 2.47. The number of hydrogen-bond acceptors (Lipinski definition) is 6. The summed E-state index contributed by atoms with van der Waals surface area (Å²) in [6.45, 7) is 0. The number of nitrogens with zero attached hydrogens (tertiary/aromatic N) is 3. The van der Waals surface area contributed by atoms with E-state index in [2.05, 4.69) is 5.10 Å². The van der Waals surface area contributed by atoms with Gasteiger partial charge in [-0.25, -0.2) is 8.42 Å². The molecule has 0 aliphatic carbocycles. The highest BCUT2D eigenvalue weighted by Gasteiger charge is 2.49. The first kappa shape index (κ1) is 23.5. The molecule has 0 saturated carbocycles. The Morgan fingerprint density at radius 3 is 1.97 bits per heavy atom. The largest absolute Gasteiger partial charge is 0.303 e. The Morgan fingerprint density at radius 2 is 1.41 bits per heavy atom. The summed E-state index contributed by atoms with van der Waals surface area (Å²) in [7, 11) is -7.96. The maximum absolute atomic E-state index is 13.6. The molecule has 2 aliphatic heterocycles. The van der Waals surface area contributed by atoms with E-state index in [9.17, 15) is 21.6 Å². The number of sulfonamides is 1. The van der Waals surface area contributed by atoms with Crippen LogP contribution < -0.4 is 0 Å². The normalized spacial score (nSPS) is 22.8. The zero-order valence-corrected chi connectivity index (χ0v) is 20.7. The fourth-order valence-electron chi connectivity index (χ4n) is 4.82. The second kappa shape index (κ2) is 8.46. The van der Waals surface area contributed by atoms with Crippen molar-refractivity contribution >= 4 is 49.5 Å². The maximum Gasteiger partial charge on any atom is 0.283 e. The number of aldehydes is 1. The molecule has 0 amide bonds. The van der Waals surface area contributed by atoms with E-state index >= 15 is 0 Å². The van der Waals surface area contributed by atoms with Gasteiger partial charge < -0.3 is 4.79 Å². The Balaban J connectivity index is 1.61. The third-order valence-electron chi connectivity index (χ3n) is 6.34. The van der Waals surface area contributed by atoms with Crippen molar-refractivity contribution in [3.8, 4) is 0 Å². The summed E-state index contributed by atoms with van der Waals surface area (Å²) in [6.07, 6.45) is 2.87. The van der Waals surface area contributed by atoms with Gasteiger partial charge in [-0.05, 0) is 61.4 Å². The van der Waals surface area contributed by atoms with Gasteiger partial charge in [0.05, 0.1) is 27.7 Å². The highest BCUT2D eigenvalue weighted by molar-refractivity contribution is 7.90. The molecule has 3 aromatic rings. The Bertz CT molecular complexity index is 1470. The number of aromatic nitrogens is 2. The van der Waals surface area contributed by atoms with Gasteiger partial charge in [-0.15, -0.1) is 0 Å². The van der Waals surface area contributed by atoms with Crippen molar-refractivity contribution in [3.63, 3.8) is 0 Å². The highest BCUT2D eigenvalue weighted by atomic mass is 35.5. The lowest BCUT2D eigenvalue weighted by molar-refractivity contribution is -0.113. The Labute approximate surface area is 207 Å². The minimum absolute atomic E-state index is 0.0231. The first-order valence-corrected chi connectivity index (χ1v) is 14.1. The summed E-state index contributed by atoms with van der Waals surface area (Å²) in [5, 5.41) is 4.96. The number of carbonyl (C=O) groups is 1. The van der Waals surface area contributed by atoms with Crippen LogP contribution in [0.2, 0.25) is 10.0 Å². The summed E-state index contributed by atoms with van der Waals surface area (Å²) in [5.74, 6) is -0.337. The van der Waals surface area contributed by atoms with Gasteiger partial charge >= 0.3 is 0 Å². The number of hydrogen-bond donors (Lipinski definition) is 0.